The highest BCUT2D eigenvalue weighted by Crippen LogP contribution is 2.42. The molecule has 1 saturated carbocycles. The summed E-state index contributed by atoms with van der Waals surface area (Å²) >= 11 is 0. The lowest BCUT2D eigenvalue weighted by atomic mass is 10.2. The van der Waals surface area contributed by atoms with Crippen LogP contribution in [0.15, 0.2) is 18.5 Å². The van der Waals surface area contributed by atoms with E-state index >= 15 is 0 Å². The van der Waals surface area contributed by atoms with Crippen LogP contribution in [0.25, 0.3) is 0 Å². The van der Waals surface area contributed by atoms with Crippen LogP contribution in [0, 0.1) is 0 Å². The van der Waals surface area contributed by atoms with E-state index in [1.54, 1.807) is 0 Å². The van der Waals surface area contributed by atoms with Crippen molar-refractivity contribution in [2.75, 3.05) is 4.90 Å². The fourth-order valence-corrected chi connectivity index (χ4v) is 2.02. The summed E-state index contributed by atoms with van der Waals surface area (Å²) in [5.41, 5.74) is -2.06. The van der Waals surface area contributed by atoms with Gasteiger partial charge in [-0.3, -0.25) is 9.78 Å². The van der Waals surface area contributed by atoms with Crippen molar-refractivity contribution in [2.24, 2.45) is 0 Å². The zero-order chi connectivity index (χ0) is 13.8. The van der Waals surface area contributed by atoms with Crippen LogP contribution < -0.4 is 10.2 Å². The smallest absolute Gasteiger partial charge is 0.323 e. The molecule has 1 saturated heterocycles. The van der Waals surface area contributed by atoms with Gasteiger partial charge in [0.15, 0.2) is 0 Å². The largest absolute Gasteiger partial charge is 0.417 e. The van der Waals surface area contributed by atoms with Crippen LogP contribution in [0.2, 0.25) is 0 Å². The van der Waals surface area contributed by atoms with Crippen LogP contribution in [-0.2, 0) is 11.0 Å². The van der Waals surface area contributed by atoms with Gasteiger partial charge in [0.05, 0.1) is 17.4 Å². The molecule has 1 aliphatic carbocycles. The first-order chi connectivity index (χ1) is 8.83. The Morgan fingerprint density at radius 3 is 2.47 bits per heavy atom. The molecule has 2 aliphatic rings. The molecular weight excluding hydrogens is 263 g/mol. The van der Waals surface area contributed by atoms with E-state index in [4.69, 9.17) is 0 Å². The summed E-state index contributed by atoms with van der Waals surface area (Å²) in [6.07, 6.45) is -1.83. The van der Waals surface area contributed by atoms with Gasteiger partial charge in [-0.05, 0) is 18.9 Å². The molecule has 1 aromatic rings. The van der Waals surface area contributed by atoms with Crippen molar-refractivity contribution >= 4 is 17.6 Å². The van der Waals surface area contributed by atoms with Gasteiger partial charge >= 0.3 is 12.2 Å². The quantitative estimate of drug-likeness (QED) is 0.790. The molecule has 1 aromatic heterocycles. The van der Waals surface area contributed by atoms with E-state index in [2.05, 4.69) is 10.3 Å². The Morgan fingerprint density at radius 1 is 1.26 bits per heavy atom. The standard InChI is InChI=1S/C11H8F3N3O2/c12-11(13,14)6-3-7(5-15-4-6)17-8(18)10(1-2-10)16-9(17)19/h3-5H,1-2H2,(H,16,19). The summed E-state index contributed by atoms with van der Waals surface area (Å²) in [5, 5.41) is 2.49. The number of rotatable bonds is 1. The minimum absolute atomic E-state index is 0.166. The molecule has 2 heterocycles. The molecule has 0 unspecified atom stereocenters. The molecular formula is C11H8F3N3O2. The number of alkyl halides is 3. The summed E-state index contributed by atoms with van der Waals surface area (Å²) in [5.74, 6) is -0.515. The fraction of sp³-hybridized carbons (Fsp3) is 0.364. The molecule has 0 atom stereocenters. The van der Waals surface area contributed by atoms with Gasteiger partial charge in [0, 0.05) is 6.20 Å². The third-order valence-corrected chi connectivity index (χ3v) is 3.22. The van der Waals surface area contributed by atoms with Crippen LogP contribution >= 0.6 is 0 Å². The first-order valence-electron chi connectivity index (χ1n) is 5.52. The zero-order valence-electron chi connectivity index (χ0n) is 9.49. The van der Waals surface area contributed by atoms with Gasteiger partial charge in [0.2, 0.25) is 0 Å². The number of imide groups is 1. The van der Waals surface area contributed by atoms with Crippen LogP contribution in [0.4, 0.5) is 23.7 Å². The van der Waals surface area contributed by atoms with Gasteiger partial charge < -0.3 is 5.32 Å². The number of pyridine rings is 1. The minimum atomic E-state index is -4.57. The molecule has 0 radical (unpaired) electrons. The molecule has 1 N–H and O–H groups in total. The lowest BCUT2D eigenvalue weighted by Gasteiger charge is -2.14. The predicted molar refractivity (Wildman–Crippen MR) is 57.2 cm³/mol. The maximum absolute atomic E-state index is 12.6. The monoisotopic (exact) mass is 271 g/mol. The topological polar surface area (TPSA) is 62.3 Å². The van der Waals surface area contributed by atoms with Crippen molar-refractivity contribution in [3.63, 3.8) is 0 Å². The Balaban J connectivity index is 1.99. The van der Waals surface area contributed by atoms with Crippen LogP contribution in [0.5, 0.6) is 0 Å². The maximum atomic E-state index is 12.6. The molecule has 1 aliphatic heterocycles. The van der Waals surface area contributed by atoms with E-state index in [1.807, 2.05) is 0 Å². The fourth-order valence-electron chi connectivity index (χ4n) is 2.02. The van der Waals surface area contributed by atoms with E-state index in [0.29, 0.717) is 19.0 Å². The SMILES string of the molecule is O=C1NC2(CC2)C(=O)N1c1cncc(C(F)(F)F)c1. The lowest BCUT2D eigenvalue weighted by molar-refractivity contribution is -0.137. The van der Waals surface area contributed by atoms with Gasteiger partial charge in [-0.15, -0.1) is 0 Å². The number of carbonyl (C=O) groups is 2. The molecule has 3 rings (SSSR count). The van der Waals surface area contributed by atoms with Crippen molar-refractivity contribution in [3.05, 3.63) is 24.0 Å². The highest BCUT2D eigenvalue weighted by atomic mass is 19.4. The molecule has 8 heteroatoms. The average Bonchev–Trinajstić information content (AvgIpc) is 3.04. The van der Waals surface area contributed by atoms with Gasteiger partial charge in [-0.2, -0.15) is 13.2 Å². The number of hydrogen-bond acceptors (Lipinski definition) is 3. The molecule has 5 nitrogen and oxygen atoms in total. The van der Waals surface area contributed by atoms with E-state index in [1.165, 1.54) is 0 Å². The predicted octanol–water partition coefficient (Wildman–Crippen LogP) is 1.69. The van der Waals surface area contributed by atoms with E-state index < -0.39 is 29.2 Å². The summed E-state index contributed by atoms with van der Waals surface area (Å²) < 4.78 is 37.7. The minimum Gasteiger partial charge on any atom is -0.323 e. The number of aromatic nitrogens is 1. The van der Waals surface area contributed by atoms with Gasteiger partial charge in [-0.25, -0.2) is 9.69 Å². The van der Waals surface area contributed by atoms with Crippen molar-refractivity contribution in [3.8, 4) is 0 Å². The molecule has 100 valence electrons. The number of halogens is 3. The Bertz CT molecular complexity index is 581. The van der Waals surface area contributed by atoms with Gasteiger partial charge in [-0.1, -0.05) is 0 Å². The zero-order valence-corrected chi connectivity index (χ0v) is 9.49. The number of amides is 3. The number of carbonyl (C=O) groups excluding carboxylic acids is 2. The second kappa shape index (κ2) is 3.46. The summed E-state index contributed by atoms with van der Waals surface area (Å²) in [7, 11) is 0. The first-order valence-corrected chi connectivity index (χ1v) is 5.52. The number of nitrogens with one attached hydrogen (secondary N) is 1. The van der Waals surface area contributed by atoms with Gasteiger partial charge in [0.1, 0.15) is 5.54 Å². The number of urea groups is 1. The maximum Gasteiger partial charge on any atom is 0.417 e. The molecule has 3 amide bonds. The highest BCUT2D eigenvalue weighted by molar-refractivity contribution is 6.24. The average molecular weight is 271 g/mol. The van der Waals surface area contributed by atoms with E-state index in [-0.39, 0.29) is 5.69 Å². The van der Waals surface area contributed by atoms with Crippen LogP contribution in [0.3, 0.4) is 0 Å². The first kappa shape index (κ1) is 11.9. The second-order valence-corrected chi connectivity index (χ2v) is 4.58. The van der Waals surface area contributed by atoms with Crippen molar-refractivity contribution < 1.29 is 22.8 Å². The van der Waals surface area contributed by atoms with Crippen molar-refractivity contribution in [1.29, 1.82) is 0 Å². The van der Waals surface area contributed by atoms with Crippen molar-refractivity contribution in [1.82, 2.24) is 10.3 Å². The molecule has 0 bridgehead atoms. The number of hydrogen-bond donors (Lipinski definition) is 1. The molecule has 2 fully saturated rings. The summed E-state index contributed by atoms with van der Waals surface area (Å²) in [6, 6.07) is 0.0370. The molecule has 1 spiro atoms. The van der Waals surface area contributed by atoms with Crippen LogP contribution in [-0.4, -0.2) is 22.5 Å². The Kier molecular flexibility index (Phi) is 2.17. The number of anilines is 1. The number of nitrogens with zero attached hydrogens (tertiary/aromatic N) is 2. The third-order valence-electron chi connectivity index (χ3n) is 3.22. The Labute approximate surface area is 105 Å². The Hall–Kier alpha value is -2.12. The molecule has 0 aromatic carbocycles. The summed E-state index contributed by atoms with van der Waals surface area (Å²) in [6.45, 7) is 0. The third kappa shape index (κ3) is 1.74. The van der Waals surface area contributed by atoms with Crippen molar-refractivity contribution in [2.45, 2.75) is 24.6 Å². The van der Waals surface area contributed by atoms with Gasteiger partial charge in [0.25, 0.3) is 5.91 Å². The highest BCUT2D eigenvalue weighted by Gasteiger charge is 2.60. The normalized spacial score (nSPS) is 20.9. The van der Waals surface area contributed by atoms with Crippen LogP contribution in [0.1, 0.15) is 18.4 Å². The summed E-state index contributed by atoms with van der Waals surface area (Å²) in [4.78, 5) is 27.8. The molecule has 19 heavy (non-hydrogen) atoms. The van der Waals surface area contributed by atoms with E-state index in [0.717, 1.165) is 17.2 Å². The Morgan fingerprint density at radius 2 is 1.95 bits per heavy atom. The lowest BCUT2D eigenvalue weighted by Crippen LogP contribution is -2.32. The second-order valence-electron chi connectivity index (χ2n) is 4.58. The van der Waals surface area contributed by atoms with E-state index in [9.17, 15) is 22.8 Å².